The van der Waals surface area contributed by atoms with E-state index in [1.54, 1.807) is 0 Å². The first-order valence-corrected chi connectivity index (χ1v) is 5.76. The molecule has 1 aromatic rings. The summed E-state index contributed by atoms with van der Waals surface area (Å²) in [6, 6.07) is 6.23. The van der Waals surface area contributed by atoms with Gasteiger partial charge in [0.05, 0.1) is 0 Å². The first-order valence-electron chi connectivity index (χ1n) is 5.38. The minimum Gasteiger partial charge on any atom is -0.312 e. The quantitative estimate of drug-likeness (QED) is 0.829. The summed E-state index contributed by atoms with van der Waals surface area (Å²) in [6.07, 6.45) is 1.05. The maximum atomic E-state index is 5.97. The molecule has 0 radical (unpaired) electrons. The molecule has 0 saturated heterocycles. The lowest BCUT2D eigenvalue weighted by Crippen LogP contribution is -2.37. The van der Waals surface area contributed by atoms with Crippen molar-refractivity contribution >= 4 is 11.6 Å². The number of nitrogens with one attached hydrogen (secondary N) is 1. The Bertz CT molecular complexity index is 326. The van der Waals surface area contributed by atoms with Gasteiger partial charge in [0, 0.05) is 10.6 Å². The predicted octanol–water partition coefficient (Wildman–Crippen LogP) is 3.58. The molecule has 84 valence electrons. The summed E-state index contributed by atoms with van der Waals surface area (Å²) >= 11 is 5.97. The third kappa shape index (κ3) is 4.67. The van der Waals surface area contributed by atoms with Crippen molar-refractivity contribution in [2.45, 2.75) is 39.7 Å². The normalized spacial score (nSPS) is 11.8. The first-order chi connectivity index (χ1) is 6.88. The van der Waals surface area contributed by atoms with E-state index in [9.17, 15) is 0 Å². The summed E-state index contributed by atoms with van der Waals surface area (Å²) < 4.78 is 0. The van der Waals surface area contributed by atoms with E-state index in [-0.39, 0.29) is 5.54 Å². The summed E-state index contributed by atoms with van der Waals surface area (Å²) in [5.41, 5.74) is 2.69. The van der Waals surface area contributed by atoms with Crippen molar-refractivity contribution in [3.8, 4) is 0 Å². The highest BCUT2D eigenvalue weighted by Crippen LogP contribution is 2.16. The van der Waals surface area contributed by atoms with Crippen LogP contribution in [0.15, 0.2) is 18.2 Å². The highest BCUT2D eigenvalue weighted by Gasteiger charge is 2.07. The smallest absolute Gasteiger partial charge is 0.0435 e. The van der Waals surface area contributed by atoms with Gasteiger partial charge in [0.25, 0.3) is 0 Å². The molecule has 15 heavy (non-hydrogen) atoms. The van der Waals surface area contributed by atoms with Crippen LogP contribution in [-0.4, -0.2) is 12.1 Å². The Kier molecular flexibility index (Phi) is 4.18. The second-order valence-electron chi connectivity index (χ2n) is 5.01. The van der Waals surface area contributed by atoms with Crippen molar-refractivity contribution in [1.29, 1.82) is 0 Å². The van der Waals surface area contributed by atoms with Crippen LogP contribution in [0.1, 0.15) is 31.9 Å². The Hall–Kier alpha value is -0.530. The van der Waals surface area contributed by atoms with Crippen LogP contribution in [0, 0.1) is 6.92 Å². The van der Waals surface area contributed by atoms with Crippen LogP contribution in [0.2, 0.25) is 5.02 Å². The molecule has 0 amide bonds. The summed E-state index contributed by atoms with van der Waals surface area (Å²) in [5, 5.41) is 4.32. The second-order valence-corrected chi connectivity index (χ2v) is 5.42. The van der Waals surface area contributed by atoms with Gasteiger partial charge < -0.3 is 5.32 Å². The van der Waals surface area contributed by atoms with Gasteiger partial charge in [-0.15, -0.1) is 0 Å². The van der Waals surface area contributed by atoms with E-state index in [2.05, 4.69) is 38.2 Å². The minimum atomic E-state index is 0.196. The fourth-order valence-electron chi connectivity index (χ4n) is 1.44. The highest BCUT2D eigenvalue weighted by molar-refractivity contribution is 6.31. The molecule has 2 heteroatoms. The van der Waals surface area contributed by atoms with E-state index in [4.69, 9.17) is 11.6 Å². The topological polar surface area (TPSA) is 12.0 Å². The monoisotopic (exact) mass is 225 g/mol. The number of hydrogen-bond acceptors (Lipinski definition) is 1. The van der Waals surface area contributed by atoms with Crippen molar-refractivity contribution < 1.29 is 0 Å². The molecule has 0 spiro atoms. The van der Waals surface area contributed by atoms with Crippen molar-refractivity contribution in [1.82, 2.24) is 5.32 Å². The van der Waals surface area contributed by atoms with Crippen LogP contribution >= 0.6 is 11.6 Å². The van der Waals surface area contributed by atoms with Gasteiger partial charge in [0.15, 0.2) is 0 Å². The predicted molar refractivity (Wildman–Crippen MR) is 67.6 cm³/mol. The number of rotatable bonds is 3. The fraction of sp³-hybridized carbons (Fsp3) is 0.538. The minimum absolute atomic E-state index is 0.196. The van der Waals surface area contributed by atoms with Crippen molar-refractivity contribution in [3.63, 3.8) is 0 Å². The summed E-state index contributed by atoms with van der Waals surface area (Å²) in [5.74, 6) is 0. The van der Waals surface area contributed by atoms with Gasteiger partial charge in [-0.1, -0.05) is 23.7 Å². The number of hydrogen-bond donors (Lipinski definition) is 1. The molecule has 0 unspecified atom stereocenters. The molecular weight excluding hydrogens is 206 g/mol. The van der Waals surface area contributed by atoms with Crippen LogP contribution in [-0.2, 0) is 6.42 Å². The van der Waals surface area contributed by atoms with Gasteiger partial charge in [-0.2, -0.15) is 0 Å². The highest BCUT2D eigenvalue weighted by atomic mass is 35.5. The lowest BCUT2D eigenvalue weighted by atomic mass is 10.1. The van der Waals surface area contributed by atoms with Gasteiger partial charge in [-0.05, 0) is 57.9 Å². The summed E-state index contributed by atoms with van der Waals surface area (Å²) in [6.45, 7) is 9.59. The molecule has 1 rings (SSSR count). The summed E-state index contributed by atoms with van der Waals surface area (Å²) in [7, 11) is 0. The van der Waals surface area contributed by atoms with Crippen molar-refractivity contribution in [3.05, 3.63) is 34.3 Å². The molecule has 1 N–H and O–H groups in total. The average molecular weight is 226 g/mol. The number of halogens is 1. The lowest BCUT2D eigenvalue weighted by Gasteiger charge is -2.20. The zero-order chi connectivity index (χ0) is 11.5. The van der Waals surface area contributed by atoms with Crippen LogP contribution in [0.5, 0.6) is 0 Å². The maximum Gasteiger partial charge on any atom is 0.0435 e. The van der Waals surface area contributed by atoms with Crippen molar-refractivity contribution in [2.24, 2.45) is 0 Å². The number of aryl methyl sites for hydroxylation is 1. The Morgan fingerprint density at radius 1 is 1.27 bits per heavy atom. The second kappa shape index (κ2) is 5.00. The molecule has 0 aliphatic heterocycles. The van der Waals surface area contributed by atoms with Crippen LogP contribution in [0.3, 0.4) is 0 Å². The Balaban J connectivity index is 2.48. The molecule has 0 bridgehead atoms. The Labute approximate surface area is 97.8 Å². The van der Waals surface area contributed by atoms with E-state index in [1.807, 2.05) is 13.0 Å². The summed E-state index contributed by atoms with van der Waals surface area (Å²) in [4.78, 5) is 0. The van der Waals surface area contributed by atoms with Crippen LogP contribution in [0.4, 0.5) is 0 Å². The van der Waals surface area contributed by atoms with Gasteiger partial charge in [0.2, 0.25) is 0 Å². The molecule has 0 saturated carbocycles. The van der Waals surface area contributed by atoms with Gasteiger partial charge in [-0.3, -0.25) is 0 Å². The Morgan fingerprint density at radius 2 is 1.93 bits per heavy atom. The van der Waals surface area contributed by atoms with E-state index in [0.717, 1.165) is 23.6 Å². The van der Waals surface area contributed by atoms with E-state index >= 15 is 0 Å². The van der Waals surface area contributed by atoms with Gasteiger partial charge in [-0.25, -0.2) is 0 Å². The molecule has 1 aromatic carbocycles. The molecule has 0 aliphatic carbocycles. The third-order valence-electron chi connectivity index (χ3n) is 2.29. The fourth-order valence-corrected chi connectivity index (χ4v) is 1.56. The Morgan fingerprint density at radius 3 is 2.47 bits per heavy atom. The van der Waals surface area contributed by atoms with E-state index < -0.39 is 0 Å². The zero-order valence-electron chi connectivity index (χ0n) is 10.0. The molecule has 0 heterocycles. The van der Waals surface area contributed by atoms with Gasteiger partial charge >= 0.3 is 0 Å². The van der Waals surface area contributed by atoms with Crippen LogP contribution < -0.4 is 5.32 Å². The van der Waals surface area contributed by atoms with Crippen molar-refractivity contribution in [2.75, 3.05) is 6.54 Å². The van der Waals surface area contributed by atoms with E-state index in [0.29, 0.717) is 0 Å². The van der Waals surface area contributed by atoms with E-state index in [1.165, 1.54) is 5.56 Å². The SMILES string of the molecule is Cc1cc(CCNC(C)(C)C)ccc1Cl. The molecule has 0 aliphatic rings. The molecule has 0 atom stereocenters. The first kappa shape index (κ1) is 12.5. The number of benzene rings is 1. The standard InChI is InChI=1S/C13H20ClN/c1-10-9-11(5-6-12(10)14)7-8-15-13(2,3)4/h5-6,9,15H,7-8H2,1-4H3. The van der Waals surface area contributed by atoms with Crippen LogP contribution in [0.25, 0.3) is 0 Å². The molecular formula is C13H20ClN. The average Bonchev–Trinajstić information content (AvgIpc) is 2.09. The lowest BCUT2D eigenvalue weighted by molar-refractivity contribution is 0.429. The maximum absolute atomic E-state index is 5.97. The largest absolute Gasteiger partial charge is 0.312 e. The molecule has 0 fully saturated rings. The molecule has 1 nitrogen and oxygen atoms in total. The molecule has 0 aromatic heterocycles. The third-order valence-corrected chi connectivity index (χ3v) is 2.72. The van der Waals surface area contributed by atoms with Gasteiger partial charge in [0.1, 0.15) is 0 Å². The zero-order valence-corrected chi connectivity index (χ0v) is 10.8.